The molecule has 0 saturated carbocycles. The van der Waals surface area contributed by atoms with E-state index in [1.165, 1.54) is 11.1 Å². The van der Waals surface area contributed by atoms with Crippen LogP contribution in [0.1, 0.15) is 29.7 Å². The predicted molar refractivity (Wildman–Crippen MR) is 86.0 cm³/mol. The van der Waals surface area contributed by atoms with Gasteiger partial charge in [0, 0.05) is 11.6 Å². The highest BCUT2D eigenvalue weighted by Gasteiger charge is 2.10. The minimum Gasteiger partial charge on any atom is -0.497 e. The fourth-order valence-corrected chi connectivity index (χ4v) is 2.20. The Labute approximate surface area is 126 Å². The van der Waals surface area contributed by atoms with Crippen molar-refractivity contribution in [1.29, 1.82) is 0 Å². The van der Waals surface area contributed by atoms with Crippen LogP contribution in [-0.2, 0) is 6.61 Å². The van der Waals surface area contributed by atoms with Gasteiger partial charge in [-0.15, -0.1) is 0 Å². The Balaban J connectivity index is 2.16. The molecule has 0 aromatic heterocycles. The maximum Gasteiger partial charge on any atom is 0.124 e. The van der Waals surface area contributed by atoms with Gasteiger partial charge in [0.15, 0.2) is 0 Å². The molecule has 2 rings (SSSR count). The molecule has 0 heterocycles. The molecule has 1 unspecified atom stereocenters. The highest BCUT2D eigenvalue weighted by atomic mass is 16.5. The minimum atomic E-state index is 0.255. The molecular formula is C18H23NO2. The van der Waals surface area contributed by atoms with E-state index < -0.39 is 0 Å². The molecule has 0 fully saturated rings. The van der Waals surface area contributed by atoms with Crippen LogP contribution < -0.4 is 14.8 Å². The Bertz CT molecular complexity index is 596. The van der Waals surface area contributed by atoms with Crippen LogP contribution in [-0.4, -0.2) is 14.2 Å². The van der Waals surface area contributed by atoms with Gasteiger partial charge in [-0.25, -0.2) is 0 Å². The normalized spacial score (nSPS) is 12.0. The van der Waals surface area contributed by atoms with E-state index in [9.17, 15) is 0 Å². The van der Waals surface area contributed by atoms with Crippen molar-refractivity contribution in [3.05, 3.63) is 59.2 Å². The van der Waals surface area contributed by atoms with Crippen LogP contribution in [0.5, 0.6) is 11.5 Å². The summed E-state index contributed by atoms with van der Waals surface area (Å²) in [4.78, 5) is 0. The van der Waals surface area contributed by atoms with Gasteiger partial charge >= 0.3 is 0 Å². The molecule has 0 spiro atoms. The zero-order valence-electron chi connectivity index (χ0n) is 13.1. The van der Waals surface area contributed by atoms with Gasteiger partial charge in [0.25, 0.3) is 0 Å². The smallest absolute Gasteiger partial charge is 0.124 e. The summed E-state index contributed by atoms with van der Waals surface area (Å²) in [6.45, 7) is 4.74. The van der Waals surface area contributed by atoms with E-state index in [0.717, 1.165) is 17.1 Å². The first-order valence-corrected chi connectivity index (χ1v) is 7.17. The number of benzene rings is 2. The lowest BCUT2D eigenvalue weighted by Crippen LogP contribution is -2.14. The van der Waals surface area contributed by atoms with Crippen molar-refractivity contribution in [1.82, 2.24) is 5.32 Å². The summed E-state index contributed by atoms with van der Waals surface area (Å²) in [6.07, 6.45) is 0. The van der Waals surface area contributed by atoms with Crippen molar-refractivity contribution < 1.29 is 9.47 Å². The average molecular weight is 285 g/mol. The highest BCUT2D eigenvalue weighted by molar-refractivity contribution is 5.39. The van der Waals surface area contributed by atoms with E-state index in [2.05, 4.69) is 37.4 Å². The lowest BCUT2D eigenvalue weighted by Gasteiger charge is -2.17. The van der Waals surface area contributed by atoms with E-state index in [1.54, 1.807) is 7.11 Å². The zero-order chi connectivity index (χ0) is 15.2. The third-order valence-corrected chi connectivity index (χ3v) is 3.60. The van der Waals surface area contributed by atoms with Crippen LogP contribution >= 0.6 is 0 Å². The lowest BCUT2D eigenvalue weighted by molar-refractivity contribution is 0.299. The molecule has 1 atom stereocenters. The molecule has 0 radical (unpaired) electrons. The first kappa shape index (κ1) is 15.4. The average Bonchev–Trinajstić information content (AvgIpc) is 2.52. The van der Waals surface area contributed by atoms with Crippen molar-refractivity contribution in [3.63, 3.8) is 0 Å². The molecule has 3 nitrogen and oxygen atoms in total. The number of hydrogen-bond acceptors (Lipinski definition) is 3. The van der Waals surface area contributed by atoms with Crippen LogP contribution in [0.2, 0.25) is 0 Å². The summed E-state index contributed by atoms with van der Waals surface area (Å²) in [5, 5.41) is 3.26. The van der Waals surface area contributed by atoms with Gasteiger partial charge in [0.05, 0.1) is 7.11 Å². The van der Waals surface area contributed by atoms with Gasteiger partial charge in [-0.2, -0.15) is 0 Å². The Morgan fingerprint density at radius 3 is 2.67 bits per heavy atom. The fourth-order valence-electron chi connectivity index (χ4n) is 2.20. The molecule has 1 N–H and O–H groups in total. The number of aryl methyl sites for hydroxylation is 1. The lowest BCUT2D eigenvalue weighted by atomic mass is 10.1. The third-order valence-electron chi connectivity index (χ3n) is 3.60. The van der Waals surface area contributed by atoms with Gasteiger partial charge < -0.3 is 14.8 Å². The van der Waals surface area contributed by atoms with Gasteiger partial charge in [0.1, 0.15) is 18.1 Å². The van der Waals surface area contributed by atoms with E-state index in [0.29, 0.717) is 6.61 Å². The summed E-state index contributed by atoms with van der Waals surface area (Å²) in [5.41, 5.74) is 3.47. The molecule has 0 amide bonds. The van der Waals surface area contributed by atoms with Gasteiger partial charge in [-0.3, -0.25) is 0 Å². The molecule has 2 aromatic rings. The maximum absolute atomic E-state index is 6.03. The standard InChI is InChI=1S/C18H23NO2/c1-13-8-9-17(14(2)19-3)18(10-13)21-12-15-6-5-7-16(11-15)20-4/h5-11,14,19H,12H2,1-4H3. The second-order valence-corrected chi connectivity index (χ2v) is 5.19. The topological polar surface area (TPSA) is 30.5 Å². The Morgan fingerprint density at radius 1 is 1.14 bits per heavy atom. The summed E-state index contributed by atoms with van der Waals surface area (Å²) in [7, 11) is 3.63. The fraction of sp³-hybridized carbons (Fsp3) is 0.333. The quantitative estimate of drug-likeness (QED) is 0.874. The summed E-state index contributed by atoms with van der Waals surface area (Å²) < 4.78 is 11.3. The first-order valence-electron chi connectivity index (χ1n) is 7.17. The molecule has 0 bridgehead atoms. The second-order valence-electron chi connectivity index (χ2n) is 5.19. The number of hydrogen-bond donors (Lipinski definition) is 1. The number of methoxy groups -OCH3 is 1. The van der Waals surface area contributed by atoms with Crippen LogP contribution in [0.3, 0.4) is 0 Å². The Morgan fingerprint density at radius 2 is 1.95 bits per heavy atom. The SMILES string of the molecule is CNC(C)c1ccc(C)cc1OCc1cccc(OC)c1. The highest BCUT2D eigenvalue weighted by Crippen LogP contribution is 2.27. The van der Waals surface area contributed by atoms with E-state index in [4.69, 9.17) is 9.47 Å². The van der Waals surface area contributed by atoms with E-state index in [-0.39, 0.29) is 6.04 Å². The van der Waals surface area contributed by atoms with Crippen LogP contribution in [0.4, 0.5) is 0 Å². The number of rotatable bonds is 6. The summed E-state index contributed by atoms with van der Waals surface area (Å²) >= 11 is 0. The molecular weight excluding hydrogens is 262 g/mol. The molecule has 2 aromatic carbocycles. The van der Waals surface area contributed by atoms with Crippen LogP contribution in [0.25, 0.3) is 0 Å². The van der Waals surface area contributed by atoms with Crippen molar-refractivity contribution in [2.45, 2.75) is 26.5 Å². The Kier molecular flexibility index (Phi) is 5.23. The first-order chi connectivity index (χ1) is 10.1. The zero-order valence-corrected chi connectivity index (χ0v) is 13.1. The van der Waals surface area contributed by atoms with Crippen LogP contribution in [0, 0.1) is 6.92 Å². The van der Waals surface area contributed by atoms with Crippen molar-refractivity contribution in [2.75, 3.05) is 14.2 Å². The molecule has 112 valence electrons. The van der Waals surface area contributed by atoms with Crippen molar-refractivity contribution in [3.8, 4) is 11.5 Å². The Hall–Kier alpha value is -2.00. The van der Waals surface area contributed by atoms with Gasteiger partial charge in [0.2, 0.25) is 0 Å². The monoisotopic (exact) mass is 285 g/mol. The largest absolute Gasteiger partial charge is 0.497 e. The van der Waals surface area contributed by atoms with Crippen molar-refractivity contribution in [2.24, 2.45) is 0 Å². The second kappa shape index (κ2) is 7.14. The molecule has 0 aliphatic heterocycles. The molecule has 21 heavy (non-hydrogen) atoms. The predicted octanol–water partition coefficient (Wildman–Crippen LogP) is 3.86. The van der Waals surface area contributed by atoms with E-state index in [1.807, 2.05) is 31.3 Å². The summed E-state index contributed by atoms with van der Waals surface area (Å²) in [6, 6.07) is 14.5. The maximum atomic E-state index is 6.03. The third kappa shape index (κ3) is 3.99. The van der Waals surface area contributed by atoms with Crippen molar-refractivity contribution >= 4 is 0 Å². The molecule has 0 aliphatic carbocycles. The van der Waals surface area contributed by atoms with Crippen LogP contribution in [0.15, 0.2) is 42.5 Å². The van der Waals surface area contributed by atoms with Gasteiger partial charge in [-0.1, -0.05) is 24.3 Å². The number of ether oxygens (including phenoxy) is 2. The summed E-state index contributed by atoms with van der Waals surface area (Å²) in [5.74, 6) is 1.78. The number of nitrogens with one attached hydrogen (secondary N) is 1. The molecule has 0 saturated heterocycles. The van der Waals surface area contributed by atoms with Gasteiger partial charge in [-0.05, 0) is 50.2 Å². The molecule has 3 heteroatoms. The minimum absolute atomic E-state index is 0.255. The van der Waals surface area contributed by atoms with E-state index >= 15 is 0 Å². The molecule has 0 aliphatic rings.